The molecule has 56 heavy (non-hydrogen) atoms. The van der Waals surface area contributed by atoms with E-state index in [1.165, 1.54) is 5.56 Å². The number of aliphatic hydroxyl groups is 2. The molecule has 0 aromatic heterocycles. The second-order valence-corrected chi connectivity index (χ2v) is 15.6. The monoisotopic (exact) mass is 754 g/mol. The summed E-state index contributed by atoms with van der Waals surface area (Å²) in [5, 5.41) is 21.7. The van der Waals surface area contributed by atoms with Crippen molar-refractivity contribution in [3.05, 3.63) is 141 Å². The van der Waals surface area contributed by atoms with Crippen molar-refractivity contribution < 1.29 is 34.0 Å². The minimum Gasteiger partial charge on any atom is -0.493 e. The molecule has 5 aromatic carbocycles. The van der Waals surface area contributed by atoms with Crippen molar-refractivity contribution in [2.75, 3.05) is 34.3 Å². The standard InChI is InChI=1S/C47H50N2O7/c1-28(2)31-9-11-32(12-10-31)47(52)56-45-36(27-51)24-34-17-19-49(4)40-21-30-8-15-41(53-5)43(22-30)54-37-13-6-29(7-14-37)20-39-38-25-42(55-46(45)44(34)40)35(26-50)23-33(38)16-18-48(39)3/h6-15,22-25,28,39-40,50-51H,16-21,26-27H2,1-5H3/t39-,40-/m0/s1. The second-order valence-electron chi connectivity index (χ2n) is 15.6. The highest BCUT2D eigenvalue weighted by Crippen LogP contribution is 2.49. The maximum Gasteiger partial charge on any atom is 0.343 e. The molecule has 9 nitrogen and oxygen atoms in total. The zero-order valence-corrected chi connectivity index (χ0v) is 32.8. The summed E-state index contributed by atoms with van der Waals surface area (Å²) in [6, 6.07) is 27.6. The van der Waals surface area contributed by atoms with Crippen molar-refractivity contribution in [3.8, 4) is 34.5 Å². The first-order valence-electron chi connectivity index (χ1n) is 19.5. The predicted molar refractivity (Wildman–Crippen MR) is 215 cm³/mol. The summed E-state index contributed by atoms with van der Waals surface area (Å²) >= 11 is 0. The van der Waals surface area contributed by atoms with Crippen LogP contribution in [0.15, 0.2) is 84.9 Å². The van der Waals surface area contributed by atoms with Crippen LogP contribution in [0.5, 0.6) is 34.5 Å². The van der Waals surface area contributed by atoms with E-state index < -0.39 is 5.97 Å². The molecule has 4 aliphatic rings. The van der Waals surface area contributed by atoms with Crippen LogP contribution in [0.4, 0.5) is 0 Å². The molecule has 4 aliphatic heterocycles. The van der Waals surface area contributed by atoms with Crippen LogP contribution in [-0.2, 0) is 38.9 Å². The molecule has 0 amide bonds. The fraction of sp³-hybridized carbons (Fsp3) is 0.340. The Labute approximate surface area is 329 Å². The molecule has 4 heterocycles. The molecule has 9 rings (SSSR count). The Morgan fingerprint density at radius 3 is 2.12 bits per heavy atom. The van der Waals surface area contributed by atoms with Crippen molar-refractivity contribution >= 4 is 5.97 Å². The number of hydrogen-bond acceptors (Lipinski definition) is 9. The minimum atomic E-state index is -0.549. The van der Waals surface area contributed by atoms with Crippen molar-refractivity contribution in [2.45, 2.75) is 70.7 Å². The van der Waals surface area contributed by atoms with Gasteiger partial charge in [0, 0.05) is 41.9 Å². The lowest BCUT2D eigenvalue weighted by molar-refractivity contribution is 0.0725. The van der Waals surface area contributed by atoms with E-state index in [0.29, 0.717) is 58.4 Å². The number of fused-ring (bicyclic) bond motifs is 2. The Morgan fingerprint density at radius 2 is 1.43 bits per heavy atom. The molecular weight excluding hydrogens is 705 g/mol. The zero-order chi connectivity index (χ0) is 39.1. The van der Waals surface area contributed by atoms with Crippen LogP contribution >= 0.6 is 0 Å². The summed E-state index contributed by atoms with van der Waals surface area (Å²) in [6.45, 7) is 5.26. The van der Waals surface area contributed by atoms with Crippen LogP contribution in [0, 0.1) is 0 Å². The molecule has 0 fully saturated rings. The highest BCUT2D eigenvalue weighted by molar-refractivity contribution is 5.92. The van der Waals surface area contributed by atoms with Gasteiger partial charge in [0.2, 0.25) is 0 Å². The number of ether oxygens (including phenoxy) is 4. The number of likely N-dealkylation sites (N-methyl/N-ethyl adjacent to an activating group) is 2. The Hall–Kier alpha value is -5.19. The number of carbonyl (C=O) groups excluding carboxylic acids is 1. The molecule has 2 atom stereocenters. The quantitative estimate of drug-likeness (QED) is 0.131. The fourth-order valence-electron chi connectivity index (χ4n) is 8.45. The van der Waals surface area contributed by atoms with Crippen LogP contribution in [0.3, 0.4) is 0 Å². The van der Waals surface area contributed by atoms with Gasteiger partial charge in [-0.05, 0) is 134 Å². The van der Waals surface area contributed by atoms with Gasteiger partial charge in [-0.15, -0.1) is 0 Å². The van der Waals surface area contributed by atoms with E-state index in [2.05, 4.69) is 62.0 Å². The van der Waals surface area contributed by atoms with E-state index >= 15 is 0 Å². The first kappa shape index (κ1) is 37.7. The van der Waals surface area contributed by atoms with Gasteiger partial charge >= 0.3 is 5.97 Å². The summed E-state index contributed by atoms with van der Waals surface area (Å²) in [4.78, 5) is 18.7. The number of methoxy groups -OCH3 is 1. The number of benzene rings is 5. The molecule has 6 bridgehead atoms. The summed E-state index contributed by atoms with van der Waals surface area (Å²) in [5.74, 6) is 2.75. The Balaban J connectivity index is 1.34. The van der Waals surface area contributed by atoms with Gasteiger partial charge in [-0.1, -0.05) is 44.2 Å². The lowest BCUT2D eigenvalue weighted by Crippen LogP contribution is -2.34. The van der Waals surface area contributed by atoms with Crippen molar-refractivity contribution in [3.63, 3.8) is 0 Å². The lowest BCUT2D eigenvalue weighted by Gasteiger charge is -2.37. The second kappa shape index (κ2) is 15.7. The molecule has 9 heteroatoms. The molecule has 0 saturated carbocycles. The van der Waals surface area contributed by atoms with Crippen molar-refractivity contribution in [1.82, 2.24) is 9.80 Å². The van der Waals surface area contributed by atoms with Gasteiger partial charge < -0.3 is 29.2 Å². The molecule has 2 N–H and O–H groups in total. The number of rotatable bonds is 6. The average Bonchev–Trinajstić information content (AvgIpc) is 3.21. The predicted octanol–water partition coefficient (Wildman–Crippen LogP) is 8.46. The Bertz CT molecular complexity index is 2250. The highest BCUT2D eigenvalue weighted by atomic mass is 16.6. The molecule has 290 valence electrons. The number of nitrogens with zero attached hydrogens (tertiary/aromatic N) is 2. The van der Waals surface area contributed by atoms with E-state index in [4.69, 9.17) is 18.9 Å². The molecule has 0 unspecified atom stereocenters. The largest absolute Gasteiger partial charge is 0.493 e. The number of esters is 1. The van der Waals surface area contributed by atoms with Gasteiger partial charge in [-0.3, -0.25) is 9.80 Å². The lowest BCUT2D eigenvalue weighted by atomic mass is 9.86. The van der Waals surface area contributed by atoms with Crippen molar-refractivity contribution in [1.29, 1.82) is 0 Å². The smallest absolute Gasteiger partial charge is 0.343 e. The van der Waals surface area contributed by atoms with Crippen LogP contribution in [0.25, 0.3) is 0 Å². The van der Waals surface area contributed by atoms with Crippen molar-refractivity contribution in [2.24, 2.45) is 0 Å². The third-order valence-electron chi connectivity index (χ3n) is 11.8. The topological polar surface area (TPSA) is 101 Å². The molecule has 5 aromatic rings. The van der Waals surface area contributed by atoms with Gasteiger partial charge in [0.1, 0.15) is 11.5 Å². The molecule has 0 aliphatic carbocycles. The van der Waals surface area contributed by atoms with E-state index in [0.717, 1.165) is 65.1 Å². The maximum absolute atomic E-state index is 14.0. The Morgan fingerprint density at radius 1 is 0.768 bits per heavy atom. The third-order valence-corrected chi connectivity index (χ3v) is 11.8. The maximum atomic E-state index is 14.0. The molecule has 0 saturated heterocycles. The van der Waals surface area contributed by atoms with Gasteiger partial charge in [0.25, 0.3) is 0 Å². The minimum absolute atomic E-state index is 0.0407. The molecule has 0 spiro atoms. The SMILES string of the molecule is COc1ccc2cc1Oc1ccc(cc1)C[C@H]1c3cc(c(CO)cc3CCN1C)Oc1c(OC(=O)c3ccc(C(C)C)cc3)c(CO)cc3c1[C@H](C2)N(C)CC3. The number of hydrogen-bond donors (Lipinski definition) is 2. The number of aliphatic hydroxyl groups excluding tert-OH is 2. The van der Waals surface area contributed by atoms with Crippen LogP contribution in [0.1, 0.15) is 92.3 Å². The summed E-state index contributed by atoms with van der Waals surface area (Å²) in [6.07, 6.45) is 2.86. The average molecular weight is 755 g/mol. The van der Waals surface area contributed by atoms with Crippen LogP contribution in [0.2, 0.25) is 0 Å². The molecular formula is C47H50N2O7. The van der Waals surface area contributed by atoms with Crippen LogP contribution < -0.4 is 18.9 Å². The summed E-state index contributed by atoms with van der Waals surface area (Å²) in [7, 11) is 5.87. The number of carbonyl (C=O) groups is 1. The highest BCUT2D eigenvalue weighted by Gasteiger charge is 2.35. The first-order valence-corrected chi connectivity index (χ1v) is 19.5. The van der Waals surface area contributed by atoms with Gasteiger partial charge in [-0.2, -0.15) is 0 Å². The first-order chi connectivity index (χ1) is 27.1. The van der Waals surface area contributed by atoms with Gasteiger partial charge in [-0.25, -0.2) is 4.79 Å². The van der Waals surface area contributed by atoms with E-state index in [9.17, 15) is 15.0 Å². The summed E-state index contributed by atoms with van der Waals surface area (Å²) in [5.41, 5.74) is 8.96. The fourth-order valence-corrected chi connectivity index (χ4v) is 8.45. The normalized spacial score (nSPS) is 18.0. The molecule has 0 radical (unpaired) electrons. The van der Waals surface area contributed by atoms with Crippen LogP contribution in [-0.4, -0.2) is 60.3 Å². The van der Waals surface area contributed by atoms with E-state index in [1.807, 2.05) is 48.5 Å². The Kier molecular flexibility index (Phi) is 10.6. The van der Waals surface area contributed by atoms with Gasteiger partial charge in [0.15, 0.2) is 23.0 Å². The van der Waals surface area contributed by atoms with Gasteiger partial charge in [0.05, 0.1) is 25.9 Å². The summed E-state index contributed by atoms with van der Waals surface area (Å²) < 4.78 is 25.7. The third kappa shape index (κ3) is 7.28. The zero-order valence-electron chi connectivity index (χ0n) is 32.8. The van der Waals surface area contributed by atoms with E-state index in [-0.39, 0.29) is 31.0 Å². The van der Waals surface area contributed by atoms with E-state index in [1.54, 1.807) is 19.2 Å².